The summed E-state index contributed by atoms with van der Waals surface area (Å²) in [5.41, 5.74) is 6.27. The molecule has 3 atom stereocenters. The van der Waals surface area contributed by atoms with Crippen LogP contribution >= 0.6 is 23.2 Å². The second-order valence-corrected chi connectivity index (χ2v) is 14.7. The Morgan fingerprint density at radius 2 is 1.59 bits per heavy atom. The molecule has 0 bridgehead atoms. The number of benzene rings is 5. The number of halogens is 2. The quantitative estimate of drug-likeness (QED) is 0.136. The van der Waals surface area contributed by atoms with Crippen LogP contribution < -0.4 is 19.7 Å². The molecule has 294 valence electrons. The molecule has 58 heavy (non-hydrogen) atoms. The number of esters is 1. The SMILES string of the molecule is COC(=O)[C@H](Cc1ccc(-c2ccc(C#N)cc2)cc1)NC(=O)C1Cc2cc3c(cc2CN1C(=O)O)O[C@@H](c1ccc(OCc2ccc(Cl)c(Cl)c2)cc1)C(=O)N3C. The Bertz CT molecular complexity index is 2430. The van der Waals surface area contributed by atoms with Crippen molar-refractivity contribution in [2.45, 2.75) is 44.2 Å². The second-order valence-electron chi connectivity index (χ2n) is 13.9. The molecule has 2 aliphatic rings. The van der Waals surface area contributed by atoms with Crippen molar-refractivity contribution in [3.63, 3.8) is 0 Å². The number of nitriles is 1. The van der Waals surface area contributed by atoms with Gasteiger partial charge in [-0.05, 0) is 81.9 Å². The van der Waals surface area contributed by atoms with Gasteiger partial charge in [0.05, 0.1) is 41.0 Å². The van der Waals surface area contributed by atoms with Crippen LogP contribution in [-0.2, 0) is 45.1 Å². The molecule has 0 saturated carbocycles. The third-order valence-electron chi connectivity index (χ3n) is 10.2. The summed E-state index contributed by atoms with van der Waals surface area (Å²) in [5.74, 6) is -0.717. The number of nitrogens with zero attached hydrogens (tertiary/aromatic N) is 3. The van der Waals surface area contributed by atoms with Crippen molar-refractivity contribution >= 4 is 52.8 Å². The monoisotopic (exact) mass is 818 g/mol. The lowest BCUT2D eigenvalue weighted by Crippen LogP contribution is -2.55. The van der Waals surface area contributed by atoms with Crippen molar-refractivity contribution in [2.75, 3.05) is 19.1 Å². The molecular formula is C44H36Cl2N4O8. The number of carbonyl (C=O) groups is 4. The number of fused-ring (bicyclic) bond motifs is 2. The Hall–Kier alpha value is -6.55. The minimum Gasteiger partial charge on any atom is -0.489 e. The van der Waals surface area contributed by atoms with Gasteiger partial charge in [0.1, 0.15) is 30.2 Å². The fraction of sp³-hybridized carbons (Fsp3) is 0.205. The van der Waals surface area contributed by atoms with Gasteiger partial charge in [-0.25, -0.2) is 9.59 Å². The van der Waals surface area contributed by atoms with E-state index in [1.165, 1.54) is 12.0 Å². The zero-order chi connectivity index (χ0) is 41.1. The van der Waals surface area contributed by atoms with Crippen LogP contribution in [0.2, 0.25) is 10.0 Å². The molecule has 5 aromatic carbocycles. The summed E-state index contributed by atoms with van der Waals surface area (Å²) in [6.45, 7) is 0.127. The lowest BCUT2D eigenvalue weighted by Gasteiger charge is -2.37. The molecule has 0 aromatic heterocycles. The predicted octanol–water partition coefficient (Wildman–Crippen LogP) is 7.51. The number of carbonyl (C=O) groups excluding carboxylic acids is 3. The number of likely N-dealkylation sites (N-methyl/N-ethyl adjacent to an activating group) is 1. The largest absolute Gasteiger partial charge is 0.489 e. The number of methoxy groups -OCH3 is 1. The maximum absolute atomic E-state index is 13.8. The van der Waals surface area contributed by atoms with E-state index in [1.807, 2.05) is 42.5 Å². The third kappa shape index (κ3) is 8.41. The average molecular weight is 820 g/mol. The van der Waals surface area contributed by atoms with Gasteiger partial charge in [0, 0.05) is 25.5 Å². The predicted molar refractivity (Wildman–Crippen MR) is 216 cm³/mol. The third-order valence-corrected chi connectivity index (χ3v) is 11.0. The van der Waals surface area contributed by atoms with Gasteiger partial charge in [-0.1, -0.05) is 77.8 Å². The van der Waals surface area contributed by atoms with E-state index in [-0.39, 0.29) is 31.9 Å². The van der Waals surface area contributed by atoms with E-state index in [2.05, 4.69) is 11.4 Å². The highest BCUT2D eigenvalue weighted by atomic mass is 35.5. The topological polar surface area (TPSA) is 158 Å². The minimum absolute atomic E-state index is 0.0108. The molecule has 0 radical (unpaired) electrons. The van der Waals surface area contributed by atoms with Crippen LogP contribution in [0.3, 0.4) is 0 Å². The van der Waals surface area contributed by atoms with Crippen molar-refractivity contribution in [3.05, 3.63) is 147 Å². The molecule has 2 aliphatic heterocycles. The lowest BCUT2D eigenvalue weighted by molar-refractivity contribution is -0.145. The lowest BCUT2D eigenvalue weighted by atomic mass is 9.91. The molecule has 0 spiro atoms. The first-order valence-electron chi connectivity index (χ1n) is 18.2. The van der Waals surface area contributed by atoms with Gasteiger partial charge >= 0.3 is 12.1 Å². The molecule has 12 nitrogen and oxygen atoms in total. The van der Waals surface area contributed by atoms with E-state index < -0.39 is 36.2 Å². The van der Waals surface area contributed by atoms with E-state index in [0.29, 0.717) is 49.5 Å². The number of nitrogens with one attached hydrogen (secondary N) is 1. The van der Waals surface area contributed by atoms with Crippen molar-refractivity contribution in [2.24, 2.45) is 0 Å². The first kappa shape index (κ1) is 39.7. The highest BCUT2D eigenvalue weighted by molar-refractivity contribution is 6.42. The Labute approximate surface area is 344 Å². The Morgan fingerprint density at radius 1 is 0.914 bits per heavy atom. The van der Waals surface area contributed by atoms with Crippen LogP contribution in [0.5, 0.6) is 11.5 Å². The van der Waals surface area contributed by atoms with Crippen LogP contribution in [0.4, 0.5) is 10.5 Å². The Balaban J connectivity index is 1.05. The number of anilines is 1. The first-order chi connectivity index (χ1) is 27.9. The fourth-order valence-electron chi connectivity index (χ4n) is 7.02. The van der Waals surface area contributed by atoms with Crippen molar-refractivity contribution < 1.29 is 38.5 Å². The van der Waals surface area contributed by atoms with E-state index in [9.17, 15) is 24.3 Å². The van der Waals surface area contributed by atoms with E-state index >= 15 is 0 Å². The van der Waals surface area contributed by atoms with E-state index in [0.717, 1.165) is 27.2 Å². The smallest absolute Gasteiger partial charge is 0.408 e. The van der Waals surface area contributed by atoms with E-state index in [4.69, 9.17) is 42.7 Å². The molecule has 2 N–H and O–H groups in total. The van der Waals surface area contributed by atoms with Gasteiger partial charge in [-0.2, -0.15) is 5.26 Å². The number of hydrogen-bond donors (Lipinski definition) is 2. The maximum Gasteiger partial charge on any atom is 0.408 e. The average Bonchev–Trinajstić information content (AvgIpc) is 3.24. The van der Waals surface area contributed by atoms with Crippen LogP contribution in [0.1, 0.15) is 39.5 Å². The molecule has 1 unspecified atom stereocenters. The van der Waals surface area contributed by atoms with Gasteiger partial charge in [-0.3, -0.25) is 14.5 Å². The molecule has 2 heterocycles. The number of carboxylic acid groups (broad SMARTS) is 1. The van der Waals surface area contributed by atoms with Crippen molar-refractivity contribution in [3.8, 4) is 28.7 Å². The highest BCUT2D eigenvalue weighted by Gasteiger charge is 2.40. The standard InChI is InChI=1S/C44H36Cl2N4O8/c1-49-37-19-31-20-38(41(51)48-36(43(53)56-2)18-25-3-8-28(9-4-25)29-10-5-26(22-47)6-11-29)50(44(54)55)23-32(31)21-39(37)58-40(42(49)52)30-12-14-33(15-13-30)57-24-27-7-16-34(45)35(46)17-27/h3-17,19,21,36,38,40H,18,20,23-24H2,1-2H3,(H,48,51)(H,54,55)/t36-,38?,40-/m0/s1. The summed E-state index contributed by atoms with van der Waals surface area (Å²) in [4.78, 5) is 55.5. The van der Waals surface area contributed by atoms with Crippen LogP contribution in [-0.4, -0.2) is 60.1 Å². The molecular weight excluding hydrogens is 783 g/mol. The summed E-state index contributed by atoms with van der Waals surface area (Å²) in [5, 5.41) is 22.9. The summed E-state index contributed by atoms with van der Waals surface area (Å²) in [6, 6.07) is 30.0. The van der Waals surface area contributed by atoms with Crippen LogP contribution in [0.15, 0.2) is 103 Å². The molecule has 14 heteroatoms. The summed E-state index contributed by atoms with van der Waals surface area (Å²) < 4.78 is 17.2. The summed E-state index contributed by atoms with van der Waals surface area (Å²) in [7, 11) is 2.85. The zero-order valence-corrected chi connectivity index (χ0v) is 32.8. The zero-order valence-electron chi connectivity index (χ0n) is 31.3. The van der Waals surface area contributed by atoms with Crippen molar-refractivity contribution in [1.82, 2.24) is 10.2 Å². The molecule has 7 rings (SSSR count). The fourth-order valence-corrected chi connectivity index (χ4v) is 7.34. The summed E-state index contributed by atoms with van der Waals surface area (Å²) in [6.07, 6.45) is -2.21. The van der Waals surface area contributed by atoms with Crippen molar-refractivity contribution in [1.29, 1.82) is 5.26 Å². The van der Waals surface area contributed by atoms with E-state index in [1.54, 1.807) is 67.7 Å². The van der Waals surface area contributed by atoms with Gasteiger partial charge in [0.15, 0.2) is 0 Å². The molecule has 5 aromatic rings. The molecule has 0 saturated heterocycles. The van der Waals surface area contributed by atoms with Crippen LogP contribution in [0.25, 0.3) is 11.1 Å². The summed E-state index contributed by atoms with van der Waals surface area (Å²) >= 11 is 12.1. The number of ether oxygens (including phenoxy) is 3. The number of rotatable bonds is 10. The van der Waals surface area contributed by atoms with Gasteiger partial charge in [-0.15, -0.1) is 0 Å². The first-order valence-corrected chi connectivity index (χ1v) is 18.9. The normalized spacial score (nSPS) is 16.2. The van der Waals surface area contributed by atoms with Gasteiger partial charge in [0.25, 0.3) is 5.91 Å². The molecule has 3 amide bonds. The molecule has 0 aliphatic carbocycles. The highest BCUT2D eigenvalue weighted by Crippen LogP contribution is 2.42. The Kier molecular flexibility index (Phi) is 11.6. The van der Waals surface area contributed by atoms with Gasteiger partial charge < -0.3 is 29.5 Å². The maximum atomic E-state index is 13.8. The van der Waals surface area contributed by atoms with Gasteiger partial charge in [0.2, 0.25) is 12.0 Å². The number of hydrogen-bond acceptors (Lipinski definition) is 8. The second kappa shape index (κ2) is 16.9. The molecule has 0 fully saturated rings. The minimum atomic E-state index is -1.32. The van der Waals surface area contributed by atoms with Crippen LogP contribution in [0, 0.1) is 11.3 Å². The Morgan fingerprint density at radius 3 is 2.22 bits per heavy atom. The number of amides is 3.